The van der Waals surface area contributed by atoms with Crippen LogP contribution in [0.5, 0.6) is 0 Å². The van der Waals surface area contributed by atoms with Crippen molar-refractivity contribution in [2.24, 2.45) is 17.8 Å². The number of allylic oxidation sites excluding steroid dienone is 2. The zero-order chi connectivity index (χ0) is 8.01. The average molecular weight is 150 g/mol. The van der Waals surface area contributed by atoms with Crippen LogP contribution in [0.2, 0.25) is 0 Å². The second-order valence-electron chi connectivity index (χ2n) is 3.86. The van der Waals surface area contributed by atoms with E-state index in [2.05, 4.69) is 6.92 Å². The smallest absolute Gasteiger partial charge is 0.161 e. The Labute approximate surface area is 67.5 Å². The minimum absolute atomic E-state index is 0.390. The van der Waals surface area contributed by atoms with E-state index >= 15 is 0 Å². The fourth-order valence-corrected chi connectivity index (χ4v) is 2.67. The van der Waals surface area contributed by atoms with E-state index in [9.17, 15) is 4.79 Å². The number of fused-ring (bicyclic) bond motifs is 2. The monoisotopic (exact) mass is 150 g/mol. The van der Waals surface area contributed by atoms with Gasteiger partial charge in [-0.05, 0) is 37.2 Å². The van der Waals surface area contributed by atoms with E-state index < -0.39 is 0 Å². The zero-order valence-corrected chi connectivity index (χ0v) is 7.13. The van der Waals surface area contributed by atoms with Crippen molar-refractivity contribution in [2.75, 3.05) is 0 Å². The highest BCUT2D eigenvalue weighted by atomic mass is 16.1. The van der Waals surface area contributed by atoms with Crippen LogP contribution in [0.3, 0.4) is 0 Å². The summed E-state index contributed by atoms with van der Waals surface area (Å²) in [6, 6.07) is 0. The minimum Gasteiger partial charge on any atom is -0.294 e. The Hall–Kier alpha value is -0.590. The highest BCUT2D eigenvalue weighted by molar-refractivity contribution is 6.00. The summed E-state index contributed by atoms with van der Waals surface area (Å²) in [6.07, 6.45) is 4.29. The van der Waals surface area contributed by atoms with Gasteiger partial charge in [0.05, 0.1) is 0 Å². The third-order valence-electron chi connectivity index (χ3n) is 3.25. The summed E-state index contributed by atoms with van der Waals surface area (Å²) in [5.41, 5.74) is 1.12. The Bertz CT molecular complexity index is 227. The summed E-state index contributed by atoms with van der Waals surface area (Å²) >= 11 is 0. The van der Waals surface area contributed by atoms with E-state index in [0.29, 0.717) is 17.6 Å². The molecule has 0 N–H and O–H groups in total. The summed E-state index contributed by atoms with van der Waals surface area (Å²) < 4.78 is 0. The molecule has 0 aromatic rings. The van der Waals surface area contributed by atoms with Crippen LogP contribution in [-0.4, -0.2) is 5.78 Å². The highest BCUT2D eigenvalue weighted by Crippen LogP contribution is 2.48. The van der Waals surface area contributed by atoms with E-state index in [1.54, 1.807) is 0 Å². The maximum absolute atomic E-state index is 11.5. The molecule has 60 valence electrons. The maximum Gasteiger partial charge on any atom is 0.161 e. The van der Waals surface area contributed by atoms with Gasteiger partial charge in [0.1, 0.15) is 0 Å². The number of carbonyl (C=O) groups is 1. The summed E-state index contributed by atoms with van der Waals surface area (Å²) in [7, 11) is 0. The molecule has 2 fully saturated rings. The standard InChI is InChI=1S/C10H14O/c1-3-8-9-5-7(10(8)11)4-6(9)2/h3,6-7,9H,4-5H2,1-2H3. The Morgan fingerprint density at radius 1 is 1.45 bits per heavy atom. The van der Waals surface area contributed by atoms with Crippen molar-refractivity contribution in [3.8, 4) is 0 Å². The Morgan fingerprint density at radius 3 is 2.64 bits per heavy atom. The first-order valence-electron chi connectivity index (χ1n) is 4.44. The molecule has 0 aliphatic heterocycles. The second-order valence-corrected chi connectivity index (χ2v) is 3.86. The third kappa shape index (κ3) is 0.800. The van der Waals surface area contributed by atoms with Crippen LogP contribution < -0.4 is 0 Å². The minimum atomic E-state index is 0.390. The molecule has 0 aromatic carbocycles. The molecule has 3 unspecified atom stereocenters. The van der Waals surface area contributed by atoms with E-state index in [1.165, 1.54) is 0 Å². The molecule has 0 radical (unpaired) electrons. The predicted molar refractivity (Wildman–Crippen MR) is 44.1 cm³/mol. The fourth-order valence-electron chi connectivity index (χ4n) is 2.67. The van der Waals surface area contributed by atoms with E-state index in [1.807, 2.05) is 13.0 Å². The van der Waals surface area contributed by atoms with Crippen LogP contribution in [0.1, 0.15) is 26.7 Å². The summed E-state index contributed by atoms with van der Waals surface area (Å²) in [5, 5.41) is 0. The van der Waals surface area contributed by atoms with Crippen LogP contribution in [-0.2, 0) is 4.79 Å². The molecule has 1 heteroatoms. The van der Waals surface area contributed by atoms with Gasteiger partial charge in [-0.2, -0.15) is 0 Å². The van der Waals surface area contributed by atoms with Crippen molar-refractivity contribution in [1.29, 1.82) is 0 Å². The fraction of sp³-hybridized carbons (Fsp3) is 0.700. The van der Waals surface area contributed by atoms with Gasteiger partial charge in [0, 0.05) is 5.92 Å². The Balaban J connectivity index is 2.33. The van der Waals surface area contributed by atoms with E-state index in [0.717, 1.165) is 24.3 Å². The van der Waals surface area contributed by atoms with Crippen LogP contribution in [0.15, 0.2) is 11.6 Å². The molecule has 0 aromatic heterocycles. The summed E-state index contributed by atoms with van der Waals surface area (Å²) in [6.45, 7) is 4.25. The van der Waals surface area contributed by atoms with Crippen molar-refractivity contribution in [3.05, 3.63) is 11.6 Å². The average Bonchev–Trinajstić information content (AvgIpc) is 2.45. The second kappa shape index (κ2) is 2.20. The Morgan fingerprint density at radius 2 is 2.18 bits per heavy atom. The predicted octanol–water partition coefficient (Wildman–Crippen LogP) is 2.18. The number of hydrogen-bond acceptors (Lipinski definition) is 1. The lowest BCUT2D eigenvalue weighted by atomic mass is 9.85. The molecule has 0 heterocycles. The van der Waals surface area contributed by atoms with Crippen LogP contribution in [0.25, 0.3) is 0 Å². The SMILES string of the molecule is CC=C1C(=O)C2CC(C)C1C2. The normalized spacial score (nSPS) is 45.8. The third-order valence-corrected chi connectivity index (χ3v) is 3.25. The van der Waals surface area contributed by atoms with E-state index in [4.69, 9.17) is 0 Å². The van der Waals surface area contributed by atoms with Crippen molar-refractivity contribution >= 4 is 5.78 Å². The number of Topliss-reactive ketones (excluding diaryl/α,β-unsaturated/α-hetero) is 1. The molecule has 0 saturated heterocycles. The van der Waals surface area contributed by atoms with Gasteiger partial charge in [0.2, 0.25) is 0 Å². The molecule has 2 bridgehead atoms. The van der Waals surface area contributed by atoms with Crippen molar-refractivity contribution in [3.63, 3.8) is 0 Å². The zero-order valence-electron chi connectivity index (χ0n) is 7.13. The maximum atomic E-state index is 11.5. The van der Waals surface area contributed by atoms with Gasteiger partial charge < -0.3 is 0 Å². The molecule has 2 aliphatic rings. The van der Waals surface area contributed by atoms with Crippen LogP contribution in [0.4, 0.5) is 0 Å². The van der Waals surface area contributed by atoms with Gasteiger partial charge >= 0.3 is 0 Å². The quantitative estimate of drug-likeness (QED) is 0.484. The lowest BCUT2D eigenvalue weighted by Gasteiger charge is -2.18. The molecule has 2 saturated carbocycles. The first kappa shape index (κ1) is 7.08. The molecule has 1 nitrogen and oxygen atoms in total. The topological polar surface area (TPSA) is 17.1 Å². The highest BCUT2D eigenvalue weighted by Gasteiger charge is 2.46. The van der Waals surface area contributed by atoms with Crippen molar-refractivity contribution in [1.82, 2.24) is 0 Å². The van der Waals surface area contributed by atoms with Gasteiger partial charge in [0.25, 0.3) is 0 Å². The Kier molecular flexibility index (Phi) is 1.41. The van der Waals surface area contributed by atoms with Gasteiger partial charge in [-0.1, -0.05) is 13.0 Å². The molecule has 0 spiro atoms. The number of ketones is 1. The lowest BCUT2D eigenvalue weighted by Crippen LogP contribution is -2.18. The molecular formula is C10H14O. The summed E-state index contributed by atoms with van der Waals surface area (Å²) in [4.78, 5) is 11.5. The van der Waals surface area contributed by atoms with Gasteiger partial charge in [-0.3, -0.25) is 4.79 Å². The number of carbonyl (C=O) groups excluding carboxylic acids is 1. The molecule has 2 rings (SSSR count). The van der Waals surface area contributed by atoms with Gasteiger partial charge in [-0.25, -0.2) is 0 Å². The van der Waals surface area contributed by atoms with Crippen LogP contribution in [0, 0.1) is 17.8 Å². The first-order chi connectivity index (χ1) is 5.24. The lowest BCUT2D eigenvalue weighted by molar-refractivity contribution is -0.118. The van der Waals surface area contributed by atoms with Crippen LogP contribution >= 0.6 is 0 Å². The first-order valence-corrected chi connectivity index (χ1v) is 4.44. The van der Waals surface area contributed by atoms with Crippen molar-refractivity contribution < 1.29 is 4.79 Å². The van der Waals surface area contributed by atoms with Gasteiger partial charge in [-0.15, -0.1) is 0 Å². The number of hydrogen-bond donors (Lipinski definition) is 0. The molecule has 0 amide bonds. The summed E-state index contributed by atoms with van der Waals surface area (Å²) in [5.74, 6) is 2.19. The number of rotatable bonds is 0. The van der Waals surface area contributed by atoms with Crippen molar-refractivity contribution in [2.45, 2.75) is 26.7 Å². The largest absolute Gasteiger partial charge is 0.294 e. The molecular weight excluding hydrogens is 136 g/mol. The molecule has 3 atom stereocenters. The molecule has 2 aliphatic carbocycles. The van der Waals surface area contributed by atoms with Gasteiger partial charge in [0.15, 0.2) is 5.78 Å². The molecule has 11 heavy (non-hydrogen) atoms. The van der Waals surface area contributed by atoms with E-state index in [-0.39, 0.29) is 0 Å².